The van der Waals surface area contributed by atoms with Crippen LogP contribution in [-0.4, -0.2) is 11.6 Å². The maximum absolute atomic E-state index is 11.9. The van der Waals surface area contributed by atoms with Crippen molar-refractivity contribution in [2.45, 2.75) is 24.5 Å². The van der Waals surface area contributed by atoms with E-state index in [0.717, 1.165) is 23.0 Å². The van der Waals surface area contributed by atoms with Gasteiger partial charge in [0.1, 0.15) is 23.0 Å². The third-order valence-corrected chi connectivity index (χ3v) is 5.07. The van der Waals surface area contributed by atoms with Gasteiger partial charge in [-0.1, -0.05) is 31.9 Å². The number of hydrogen-bond donors (Lipinski definition) is 0. The van der Waals surface area contributed by atoms with Gasteiger partial charge in [-0.25, -0.2) is 0 Å². The highest BCUT2D eigenvalue weighted by Gasteiger charge is 2.17. The number of alkyl halides is 2. The van der Waals surface area contributed by atoms with E-state index in [1.165, 1.54) is 0 Å². The van der Waals surface area contributed by atoms with Gasteiger partial charge in [-0.3, -0.25) is 9.59 Å². The third-order valence-electron chi connectivity index (χ3n) is 3.96. The quantitative estimate of drug-likeness (QED) is 0.203. The van der Waals surface area contributed by atoms with E-state index < -0.39 is 0 Å². The number of carbonyl (C=O) groups excluding carboxylic acids is 2. The lowest BCUT2D eigenvalue weighted by atomic mass is 10.2. The van der Waals surface area contributed by atoms with Crippen molar-refractivity contribution in [3.05, 3.63) is 94.6 Å². The standard InChI is InChI=1S/C11H8Br2O3.C11H10O3/c12-5-7-1-3-9(15-7)11(14)10-4-2-8(6-13)16-10;1-7-3-5-9(13-7)11(12)10-6-4-8(2)14-10/h1-4H,5-6H2;3-6H,1-2H3. The lowest BCUT2D eigenvalue weighted by Crippen LogP contribution is -1.97. The van der Waals surface area contributed by atoms with Crippen molar-refractivity contribution in [1.29, 1.82) is 0 Å². The van der Waals surface area contributed by atoms with Crippen molar-refractivity contribution in [3.8, 4) is 0 Å². The third kappa shape index (κ3) is 5.31. The second kappa shape index (κ2) is 9.95. The van der Waals surface area contributed by atoms with Crippen LogP contribution in [0.2, 0.25) is 0 Å². The predicted octanol–water partition coefficient (Wildman–Crippen LogP) is 6.61. The summed E-state index contributed by atoms with van der Waals surface area (Å²) in [6, 6.07) is 13.6. The first-order valence-electron chi connectivity index (χ1n) is 8.93. The summed E-state index contributed by atoms with van der Waals surface area (Å²) in [4.78, 5) is 23.6. The van der Waals surface area contributed by atoms with Gasteiger partial charge in [0.05, 0.1) is 10.7 Å². The highest BCUT2D eigenvalue weighted by Crippen LogP contribution is 2.18. The molecule has 6 nitrogen and oxygen atoms in total. The van der Waals surface area contributed by atoms with Gasteiger partial charge in [-0.05, 0) is 62.4 Å². The summed E-state index contributed by atoms with van der Waals surface area (Å²) >= 11 is 6.51. The molecule has 0 saturated carbocycles. The first-order chi connectivity index (χ1) is 14.4. The van der Waals surface area contributed by atoms with Crippen LogP contribution in [0.1, 0.15) is 55.7 Å². The molecule has 0 radical (unpaired) electrons. The maximum atomic E-state index is 11.9. The molecule has 0 saturated heterocycles. The average Bonchev–Trinajstić information content (AvgIpc) is 3.53. The fraction of sp³-hybridized carbons (Fsp3) is 0.182. The van der Waals surface area contributed by atoms with Gasteiger partial charge < -0.3 is 17.7 Å². The molecule has 4 heterocycles. The van der Waals surface area contributed by atoms with E-state index in [4.69, 9.17) is 17.7 Å². The fourth-order valence-corrected chi connectivity index (χ4v) is 3.10. The van der Waals surface area contributed by atoms with Crippen LogP contribution in [-0.2, 0) is 10.7 Å². The molecule has 4 aromatic heterocycles. The summed E-state index contributed by atoms with van der Waals surface area (Å²) in [5.41, 5.74) is 0. The van der Waals surface area contributed by atoms with Gasteiger partial charge >= 0.3 is 0 Å². The molecule has 0 aromatic carbocycles. The Hall–Kier alpha value is -2.58. The van der Waals surface area contributed by atoms with Crippen LogP contribution in [0.5, 0.6) is 0 Å². The Labute approximate surface area is 189 Å². The minimum absolute atomic E-state index is 0.216. The van der Waals surface area contributed by atoms with Crippen molar-refractivity contribution in [2.75, 3.05) is 0 Å². The number of rotatable bonds is 6. The topological polar surface area (TPSA) is 86.7 Å². The maximum Gasteiger partial charge on any atom is 0.263 e. The largest absolute Gasteiger partial charge is 0.458 e. The number of furan rings is 4. The zero-order valence-corrected chi connectivity index (χ0v) is 19.4. The Kier molecular flexibility index (Phi) is 7.33. The van der Waals surface area contributed by atoms with E-state index >= 15 is 0 Å². The minimum atomic E-state index is -0.237. The van der Waals surface area contributed by atoms with Crippen LogP contribution < -0.4 is 0 Å². The predicted molar refractivity (Wildman–Crippen MR) is 116 cm³/mol. The molecule has 4 aromatic rings. The van der Waals surface area contributed by atoms with Crippen molar-refractivity contribution in [2.24, 2.45) is 0 Å². The van der Waals surface area contributed by atoms with Crippen molar-refractivity contribution in [3.63, 3.8) is 0 Å². The number of ketones is 2. The molecule has 0 bridgehead atoms. The second-order valence-electron chi connectivity index (χ2n) is 6.28. The Morgan fingerprint density at radius 2 is 0.933 bits per heavy atom. The summed E-state index contributed by atoms with van der Waals surface area (Å²) in [5, 5.41) is 1.18. The highest BCUT2D eigenvalue weighted by molar-refractivity contribution is 9.08. The molecule has 0 unspecified atom stereocenters. The van der Waals surface area contributed by atoms with Crippen LogP contribution in [0.25, 0.3) is 0 Å². The van der Waals surface area contributed by atoms with E-state index in [1.54, 1.807) is 62.4 Å². The van der Waals surface area contributed by atoms with E-state index in [1.807, 2.05) is 0 Å². The van der Waals surface area contributed by atoms with Crippen LogP contribution in [0, 0.1) is 13.8 Å². The first kappa shape index (κ1) is 22.1. The molecular weight excluding hydrogens is 520 g/mol. The molecule has 0 atom stereocenters. The summed E-state index contributed by atoms with van der Waals surface area (Å²) in [7, 11) is 0. The normalized spacial score (nSPS) is 10.5. The summed E-state index contributed by atoms with van der Waals surface area (Å²) in [6.45, 7) is 3.59. The molecule has 4 rings (SSSR count). The molecule has 156 valence electrons. The van der Waals surface area contributed by atoms with Gasteiger partial charge in [0, 0.05) is 0 Å². The number of carbonyl (C=O) groups is 2. The molecule has 0 spiro atoms. The molecule has 0 amide bonds. The SMILES string of the molecule is Cc1ccc(C(=O)c2ccc(C)o2)o1.O=C(c1ccc(CBr)o1)c1ccc(CBr)o1. The smallest absolute Gasteiger partial charge is 0.263 e. The van der Waals surface area contributed by atoms with Crippen LogP contribution in [0.15, 0.2) is 66.2 Å². The molecule has 0 N–H and O–H groups in total. The highest BCUT2D eigenvalue weighted by atomic mass is 79.9. The molecule has 30 heavy (non-hydrogen) atoms. The first-order valence-corrected chi connectivity index (χ1v) is 11.2. The van der Waals surface area contributed by atoms with E-state index in [0.29, 0.717) is 33.7 Å². The Morgan fingerprint density at radius 1 is 0.600 bits per heavy atom. The van der Waals surface area contributed by atoms with Crippen molar-refractivity contribution in [1.82, 2.24) is 0 Å². The van der Waals surface area contributed by atoms with Gasteiger partial charge in [-0.2, -0.15) is 0 Å². The van der Waals surface area contributed by atoms with Crippen molar-refractivity contribution >= 4 is 43.4 Å². The van der Waals surface area contributed by atoms with Crippen molar-refractivity contribution < 1.29 is 27.3 Å². The molecular formula is C22H18Br2O6. The van der Waals surface area contributed by atoms with E-state index in [9.17, 15) is 9.59 Å². The Bertz CT molecular complexity index is 1060. The number of hydrogen-bond acceptors (Lipinski definition) is 6. The number of halogens is 2. The summed E-state index contributed by atoms with van der Waals surface area (Å²) in [5.74, 6) is 3.65. The molecule has 0 fully saturated rings. The van der Waals surface area contributed by atoms with Crippen LogP contribution in [0.3, 0.4) is 0 Å². The van der Waals surface area contributed by atoms with E-state index in [2.05, 4.69) is 31.9 Å². The van der Waals surface area contributed by atoms with Gasteiger partial charge in [0.2, 0.25) is 0 Å². The van der Waals surface area contributed by atoms with Gasteiger partial charge in [0.25, 0.3) is 11.6 Å². The fourth-order valence-electron chi connectivity index (χ4n) is 2.50. The lowest BCUT2D eigenvalue weighted by molar-refractivity contribution is 0.0974. The molecule has 0 aliphatic heterocycles. The minimum Gasteiger partial charge on any atom is -0.458 e. The molecule has 8 heteroatoms. The Balaban J connectivity index is 0.000000172. The second-order valence-corrected chi connectivity index (χ2v) is 7.40. The molecule has 0 aliphatic carbocycles. The zero-order chi connectivity index (χ0) is 21.7. The monoisotopic (exact) mass is 536 g/mol. The average molecular weight is 538 g/mol. The van der Waals surface area contributed by atoms with E-state index in [-0.39, 0.29) is 11.6 Å². The zero-order valence-electron chi connectivity index (χ0n) is 16.2. The molecule has 0 aliphatic rings. The van der Waals surface area contributed by atoms with Gasteiger partial charge in [-0.15, -0.1) is 0 Å². The number of aryl methyl sites for hydroxylation is 2. The van der Waals surface area contributed by atoms with Crippen LogP contribution in [0.4, 0.5) is 0 Å². The summed E-state index contributed by atoms with van der Waals surface area (Å²) in [6.07, 6.45) is 0. The summed E-state index contributed by atoms with van der Waals surface area (Å²) < 4.78 is 21.0. The van der Waals surface area contributed by atoms with Crippen LogP contribution >= 0.6 is 31.9 Å². The lowest BCUT2D eigenvalue weighted by Gasteiger charge is -1.92. The van der Waals surface area contributed by atoms with Gasteiger partial charge in [0.15, 0.2) is 23.0 Å². The Morgan fingerprint density at radius 3 is 1.20 bits per heavy atom.